The van der Waals surface area contributed by atoms with Gasteiger partial charge in [-0.3, -0.25) is 4.68 Å². The first-order valence-corrected chi connectivity index (χ1v) is 5.97. The monoisotopic (exact) mass is 234 g/mol. The average molecular weight is 234 g/mol. The molecule has 0 aliphatic heterocycles. The van der Waals surface area contributed by atoms with E-state index in [1.54, 1.807) is 23.4 Å². The van der Waals surface area contributed by atoms with Crippen molar-refractivity contribution in [2.75, 3.05) is 0 Å². The third-order valence-electron chi connectivity index (χ3n) is 2.82. The zero-order valence-electron chi connectivity index (χ0n) is 10.2. The van der Waals surface area contributed by atoms with Gasteiger partial charge in [0.25, 0.3) is 0 Å². The van der Waals surface area contributed by atoms with E-state index in [0.717, 1.165) is 30.9 Å². The molecule has 2 aromatic rings. The standard InChI is InChI=1S/C12H18N4O/c1-3-7-15-9-13-8-11(15)12(17)10-5-6-14-16(10)4-2/h5-6,8-9,12,17H,3-4,7H2,1-2H3. The second-order valence-corrected chi connectivity index (χ2v) is 3.99. The van der Waals surface area contributed by atoms with Gasteiger partial charge >= 0.3 is 0 Å². The predicted molar refractivity (Wildman–Crippen MR) is 64.5 cm³/mol. The number of hydrogen-bond acceptors (Lipinski definition) is 3. The molecule has 0 amide bonds. The fourth-order valence-corrected chi connectivity index (χ4v) is 1.98. The summed E-state index contributed by atoms with van der Waals surface area (Å²) in [6.07, 6.45) is 5.54. The molecule has 0 radical (unpaired) electrons. The van der Waals surface area contributed by atoms with Crippen LogP contribution in [0.2, 0.25) is 0 Å². The number of rotatable bonds is 5. The summed E-state index contributed by atoms with van der Waals surface area (Å²) in [5, 5.41) is 14.5. The normalized spacial score (nSPS) is 12.9. The molecule has 92 valence electrons. The molecule has 0 saturated heterocycles. The second-order valence-electron chi connectivity index (χ2n) is 3.99. The van der Waals surface area contributed by atoms with Crippen LogP contribution in [0.5, 0.6) is 0 Å². The highest BCUT2D eigenvalue weighted by Crippen LogP contribution is 2.21. The molecule has 0 spiro atoms. The summed E-state index contributed by atoms with van der Waals surface area (Å²) >= 11 is 0. The van der Waals surface area contributed by atoms with E-state index in [1.807, 2.05) is 17.6 Å². The van der Waals surface area contributed by atoms with Crippen molar-refractivity contribution in [3.8, 4) is 0 Å². The summed E-state index contributed by atoms with van der Waals surface area (Å²) in [5.41, 5.74) is 1.63. The first-order valence-electron chi connectivity index (χ1n) is 5.97. The van der Waals surface area contributed by atoms with Crippen molar-refractivity contribution in [3.05, 3.63) is 36.2 Å². The lowest BCUT2D eigenvalue weighted by Gasteiger charge is -2.14. The van der Waals surface area contributed by atoms with Gasteiger partial charge in [-0.05, 0) is 19.4 Å². The summed E-state index contributed by atoms with van der Waals surface area (Å²) in [5.74, 6) is 0. The van der Waals surface area contributed by atoms with Crippen molar-refractivity contribution in [3.63, 3.8) is 0 Å². The molecule has 2 heterocycles. The molecule has 0 fully saturated rings. The SMILES string of the molecule is CCCn1cncc1C(O)c1ccnn1CC. The van der Waals surface area contributed by atoms with Crippen molar-refractivity contribution in [1.29, 1.82) is 0 Å². The number of aromatic nitrogens is 4. The van der Waals surface area contributed by atoms with E-state index in [0.29, 0.717) is 0 Å². The lowest BCUT2D eigenvalue weighted by Crippen LogP contribution is -2.13. The van der Waals surface area contributed by atoms with E-state index in [9.17, 15) is 5.11 Å². The molecule has 2 aromatic heterocycles. The minimum Gasteiger partial charge on any atom is -0.380 e. The largest absolute Gasteiger partial charge is 0.380 e. The Bertz CT molecular complexity index is 474. The molecular formula is C12H18N4O. The van der Waals surface area contributed by atoms with Crippen LogP contribution >= 0.6 is 0 Å². The van der Waals surface area contributed by atoms with Gasteiger partial charge in [0.05, 0.1) is 23.9 Å². The number of hydrogen-bond donors (Lipinski definition) is 1. The number of aliphatic hydroxyl groups excluding tert-OH is 1. The number of nitrogens with zero attached hydrogens (tertiary/aromatic N) is 4. The fourth-order valence-electron chi connectivity index (χ4n) is 1.98. The minimum atomic E-state index is -0.661. The van der Waals surface area contributed by atoms with Crippen LogP contribution in [0.1, 0.15) is 37.8 Å². The number of imidazole rings is 1. The van der Waals surface area contributed by atoms with Gasteiger partial charge in [-0.2, -0.15) is 5.10 Å². The van der Waals surface area contributed by atoms with Crippen LogP contribution in [0, 0.1) is 0 Å². The lowest BCUT2D eigenvalue weighted by atomic mass is 10.2. The van der Waals surface area contributed by atoms with E-state index in [1.165, 1.54) is 0 Å². The maximum absolute atomic E-state index is 10.4. The molecule has 0 aliphatic carbocycles. The van der Waals surface area contributed by atoms with Crippen LogP contribution in [-0.4, -0.2) is 24.4 Å². The molecule has 0 aromatic carbocycles. The quantitative estimate of drug-likeness (QED) is 0.854. The van der Waals surface area contributed by atoms with Crippen LogP contribution < -0.4 is 0 Å². The maximum Gasteiger partial charge on any atom is 0.137 e. The Balaban J connectivity index is 2.30. The molecule has 2 rings (SSSR count). The van der Waals surface area contributed by atoms with Gasteiger partial charge in [0.15, 0.2) is 0 Å². The Morgan fingerprint density at radius 1 is 1.35 bits per heavy atom. The topological polar surface area (TPSA) is 55.9 Å². The van der Waals surface area contributed by atoms with Gasteiger partial charge in [-0.15, -0.1) is 0 Å². The van der Waals surface area contributed by atoms with E-state index >= 15 is 0 Å². The highest BCUT2D eigenvalue weighted by Gasteiger charge is 2.18. The van der Waals surface area contributed by atoms with Crippen LogP contribution in [0.15, 0.2) is 24.8 Å². The third-order valence-corrected chi connectivity index (χ3v) is 2.82. The van der Waals surface area contributed by atoms with E-state index in [2.05, 4.69) is 17.0 Å². The molecule has 0 bridgehead atoms. The first-order chi connectivity index (χ1) is 8.27. The van der Waals surface area contributed by atoms with Gasteiger partial charge in [-0.1, -0.05) is 6.92 Å². The Labute approximate surface area is 101 Å². The molecule has 5 nitrogen and oxygen atoms in total. The van der Waals surface area contributed by atoms with E-state index in [-0.39, 0.29) is 0 Å². The molecule has 0 aliphatic rings. The number of aryl methyl sites for hydroxylation is 2. The van der Waals surface area contributed by atoms with Gasteiger partial charge in [-0.25, -0.2) is 4.98 Å². The molecule has 0 saturated carbocycles. The fraction of sp³-hybridized carbons (Fsp3) is 0.500. The zero-order chi connectivity index (χ0) is 12.3. The van der Waals surface area contributed by atoms with Crippen molar-refractivity contribution < 1.29 is 5.11 Å². The third kappa shape index (κ3) is 2.24. The van der Waals surface area contributed by atoms with Crippen LogP contribution in [0.4, 0.5) is 0 Å². The molecule has 1 atom stereocenters. The van der Waals surface area contributed by atoms with Gasteiger partial charge in [0.2, 0.25) is 0 Å². The molecule has 5 heteroatoms. The molecule has 1 unspecified atom stereocenters. The Morgan fingerprint density at radius 3 is 2.88 bits per heavy atom. The first kappa shape index (κ1) is 11.9. The van der Waals surface area contributed by atoms with Crippen LogP contribution in [0.3, 0.4) is 0 Å². The molecule has 1 N–H and O–H groups in total. The Hall–Kier alpha value is -1.62. The van der Waals surface area contributed by atoms with Crippen molar-refractivity contribution in [2.45, 2.75) is 39.5 Å². The van der Waals surface area contributed by atoms with E-state index in [4.69, 9.17) is 0 Å². The van der Waals surface area contributed by atoms with Gasteiger partial charge in [0, 0.05) is 19.3 Å². The van der Waals surface area contributed by atoms with E-state index < -0.39 is 6.10 Å². The average Bonchev–Trinajstić information content (AvgIpc) is 2.96. The van der Waals surface area contributed by atoms with Gasteiger partial charge < -0.3 is 9.67 Å². The minimum absolute atomic E-state index is 0.661. The Kier molecular flexibility index (Phi) is 3.58. The van der Waals surface area contributed by atoms with Crippen molar-refractivity contribution in [2.24, 2.45) is 0 Å². The summed E-state index contributed by atoms with van der Waals surface area (Å²) in [6, 6.07) is 1.84. The maximum atomic E-state index is 10.4. The smallest absolute Gasteiger partial charge is 0.137 e. The summed E-state index contributed by atoms with van der Waals surface area (Å²) in [7, 11) is 0. The molecular weight excluding hydrogens is 216 g/mol. The lowest BCUT2D eigenvalue weighted by molar-refractivity contribution is 0.198. The highest BCUT2D eigenvalue weighted by molar-refractivity contribution is 5.17. The van der Waals surface area contributed by atoms with Crippen molar-refractivity contribution >= 4 is 0 Å². The molecule has 17 heavy (non-hydrogen) atoms. The number of aliphatic hydroxyl groups is 1. The second kappa shape index (κ2) is 5.14. The van der Waals surface area contributed by atoms with Gasteiger partial charge in [0.1, 0.15) is 6.10 Å². The highest BCUT2D eigenvalue weighted by atomic mass is 16.3. The van der Waals surface area contributed by atoms with Crippen LogP contribution in [-0.2, 0) is 13.1 Å². The summed E-state index contributed by atoms with van der Waals surface area (Å²) in [6.45, 7) is 5.73. The predicted octanol–water partition coefficient (Wildman–Crippen LogP) is 1.59. The van der Waals surface area contributed by atoms with Crippen molar-refractivity contribution in [1.82, 2.24) is 19.3 Å². The summed E-state index contributed by atoms with van der Waals surface area (Å²) < 4.78 is 3.78. The van der Waals surface area contributed by atoms with Crippen LogP contribution in [0.25, 0.3) is 0 Å². The zero-order valence-corrected chi connectivity index (χ0v) is 10.2. The summed E-state index contributed by atoms with van der Waals surface area (Å²) in [4.78, 5) is 4.10. The Morgan fingerprint density at radius 2 is 2.18 bits per heavy atom.